The molecule has 0 bridgehead atoms. The van der Waals surface area contributed by atoms with Crippen LogP contribution in [0.2, 0.25) is 0 Å². The van der Waals surface area contributed by atoms with Crippen LogP contribution in [0.15, 0.2) is 59.1 Å². The molecule has 2 atom stereocenters. The molecule has 6 heteroatoms. The maximum atomic E-state index is 13.0. The molecule has 0 radical (unpaired) electrons. The molecule has 27 heavy (non-hydrogen) atoms. The minimum Gasteiger partial charge on any atom is -0.338 e. The summed E-state index contributed by atoms with van der Waals surface area (Å²) in [7, 11) is 0. The average Bonchev–Trinajstić information content (AvgIpc) is 2.94. The van der Waals surface area contributed by atoms with Gasteiger partial charge in [-0.05, 0) is 47.8 Å². The molecule has 0 unspecified atom stereocenters. The fraction of sp³-hybridized carbons (Fsp3) is 0.333. The monoisotopic (exact) mass is 446 g/mol. The zero-order valence-electron chi connectivity index (χ0n) is 15.2. The number of nitrogens with zero attached hydrogens (tertiary/aromatic N) is 1. The summed E-state index contributed by atoms with van der Waals surface area (Å²) in [5.74, 6) is 0.809. The highest BCUT2D eigenvalue weighted by Gasteiger charge is 2.40. The molecule has 1 N–H and O–H groups in total. The lowest BCUT2D eigenvalue weighted by Gasteiger charge is -2.16. The predicted octanol–water partition coefficient (Wildman–Crippen LogP) is 4.42. The number of likely N-dealkylation sites (tertiary alicyclic amines) is 1. The van der Waals surface area contributed by atoms with Gasteiger partial charge in [-0.2, -0.15) is 11.8 Å². The van der Waals surface area contributed by atoms with E-state index < -0.39 is 0 Å². The number of anilines is 1. The summed E-state index contributed by atoms with van der Waals surface area (Å²) in [5, 5.41) is 2.91. The highest BCUT2D eigenvalue weighted by atomic mass is 79.9. The summed E-state index contributed by atoms with van der Waals surface area (Å²) in [4.78, 5) is 27.4. The van der Waals surface area contributed by atoms with Crippen LogP contribution in [0.1, 0.15) is 12.0 Å². The van der Waals surface area contributed by atoms with Crippen LogP contribution in [-0.2, 0) is 16.1 Å². The van der Waals surface area contributed by atoms with Gasteiger partial charge in [0.2, 0.25) is 11.8 Å². The molecule has 2 amide bonds. The number of nitrogens with one attached hydrogen (secondary N) is 1. The smallest absolute Gasteiger partial charge is 0.226 e. The molecule has 1 aliphatic heterocycles. The fourth-order valence-corrected chi connectivity index (χ4v) is 4.49. The quantitative estimate of drug-likeness (QED) is 0.684. The van der Waals surface area contributed by atoms with Gasteiger partial charge in [-0.1, -0.05) is 46.3 Å². The molecule has 0 aliphatic carbocycles. The minimum absolute atomic E-state index is 0.0869. The number of hydrogen-bond acceptors (Lipinski definition) is 3. The second-order valence-corrected chi connectivity index (χ2v) is 8.61. The maximum Gasteiger partial charge on any atom is 0.226 e. The van der Waals surface area contributed by atoms with E-state index in [0.29, 0.717) is 13.1 Å². The molecule has 0 spiro atoms. The van der Waals surface area contributed by atoms with Gasteiger partial charge in [0.1, 0.15) is 0 Å². The van der Waals surface area contributed by atoms with Crippen LogP contribution in [0.5, 0.6) is 0 Å². The van der Waals surface area contributed by atoms with E-state index in [1.807, 2.05) is 65.8 Å². The number of carbonyl (C=O) groups excluding carboxylic acids is 2. The normalized spacial score (nSPS) is 19.3. The third kappa shape index (κ3) is 5.36. The Bertz CT molecular complexity index is 783. The number of amides is 2. The predicted molar refractivity (Wildman–Crippen MR) is 115 cm³/mol. The molecule has 3 rings (SSSR count). The number of thioether (sulfide) groups is 1. The van der Waals surface area contributed by atoms with E-state index >= 15 is 0 Å². The number of hydrogen-bond donors (Lipinski definition) is 1. The van der Waals surface area contributed by atoms with Crippen LogP contribution in [0, 0.1) is 11.8 Å². The van der Waals surface area contributed by atoms with Crippen LogP contribution in [0.25, 0.3) is 0 Å². The summed E-state index contributed by atoms with van der Waals surface area (Å²) in [6.45, 7) is 1.32. The average molecular weight is 447 g/mol. The largest absolute Gasteiger partial charge is 0.338 e. The van der Waals surface area contributed by atoms with E-state index in [-0.39, 0.29) is 30.1 Å². The van der Waals surface area contributed by atoms with Crippen molar-refractivity contribution in [2.24, 2.45) is 11.8 Å². The zero-order chi connectivity index (χ0) is 19.2. The molecule has 2 aromatic rings. The highest BCUT2D eigenvalue weighted by molar-refractivity contribution is 9.10. The van der Waals surface area contributed by atoms with Gasteiger partial charge in [-0.3, -0.25) is 9.59 Å². The SMILES string of the molecule is CSC[C@H]1CN(Cc2ccccc2)C(=O)[C@H]1CC(=O)Nc1ccc(Br)cc1. The zero-order valence-corrected chi connectivity index (χ0v) is 17.6. The summed E-state index contributed by atoms with van der Waals surface area (Å²) in [6, 6.07) is 17.5. The molecule has 1 aliphatic rings. The van der Waals surface area contributed by atoms with E-state index in [0.717, 1.165) is 21.5 Å². The lowest BCUT2D eigenvalue weighted by molar-refractivity contribution is -0.133. The van der Waals surface area contributed by atoms with Crippen LogP contribution < -0.4 is 5.32 Å². The molecule has 4 nitrogen and oxygen atoms in total. The lowest BCUT2D eigenvalue weighted by Crippen LogP contribution is -2.29. The first-order valence-corrected chi connectivity index (χ1v) is 11.1. The summed E-state index contributed by atoms with van der Waals surface area (Å²) >= 11 is 5.11. The second kappa shape index (κ2) is 9.42. The van der Waals surface area contributed by atoms with Gasteiger partial charge in [0, 0.05) is 29.7 Å². The van der Waals surface area contributed by atoms with Crippen molar-refractivity contribution in [2.45, 2.75) is 13.0 Å². The van der Waals surface area contributed by atoms with Crippen LogP contribution >= 0.6 is 27.7 Å². The van der Waals surface area contributed by atoms with Crippen LogP contribution in [0.4, 0.5) is 5.69 Å². The molecule has 1 heterocycles. The van der Waals surface area contributed by atoms with E-state index in [9.17, 15) is 9.59 Å². The van der Waals surface area contributed by atoms with Crippen LogP contribution in [0.3, 0.4) is 0 Å². The van der Waals surface area contributed by atoms with Gasteiger partial charge in [-0.15, -0.1) is 0 Å². The first-order chi connectivity index (χ1) is 13.1. The van der Waals surface area contributed by atoms with Gasteiger partial charge in [0.15, 0.2) is 0 Å². The van der Waals surface area contributed by atoms with Crippen molar-refractivity contribution in [1.29, 1.82) is 0 Å². The Morgan fingerprint density at radius 2 is 1.89 bits per heavy atom. The van der Waals surface area contributed by atoms with Crippen molar-refractivity contribution < 1.29 is 9.59 Å². The third-order valence-electron chi connectivity index (χ3n) is 4.78. The van der Waals surface area contributed by atoms with E-state index in [2.05, 4.69) is 21.2 Å². The minimum atomic E-state index is -0.253. The molecule has 1 fully saturated rings. The summed E-state index contributed by atoms with van der Waals surface area (Å²) < 4.78 is 0.961. The van der Waals surface area contributed by atoms with Crippen molar-refractivity contribution >= 4 is 45.2 Å². The topological polar surface area (TPSA) is 49.4 Å². The lowest BCUT2D eigenvalue weighted by atomic mass is 9.93. The van der Waals surface area contributed by atoms with E-state index in [1.165, 1.54) is 0 Å². The van der Waals surface area contributed by atoms with Crippen molar-refractivity contribution in [1.82, 2.24) is 4.90 Å². The fourth-order valence-electron chi connectivity index (χ4n) is 3.46. The molecule has 0 saturated carbocycles. The Balaban J connectivity index is 1.65. The van der Waals surface area contributed by atoms with Gasteiger partial charge < -0.3 is 10.2 Å². The van der Waals surface area contributed by atoms with Crippen molar-refractivity contribution in [3.05, 3.63) is 64.6 Å². The Kier molecular flexibility index (Phi) is 6.96. The van der Waals surface area contributed by atoms with E-state index in [1.54, 1.807) is 11.8 Å². The summed E-state index contributed by atoms with van der Waals surface area (Å²) in [6.07, 6.45) is 2.27. The molecule has 2 aromatic carbocycles. The van der Waals surface area contributed by atoms with Crippen molar-refractivity contribution in [2.75, 3.05) is 23.9 Å². The number of halogens is 1. The van der Waals surface area contributed by atoms with E-state index in [4.69, 9.17) is 0 Å². The maximum absolute atomic E-state index is 13.0. The third-order valence-corrected chi connectivity index (χ3v) is 6.07. The van der Waals surface area contributed by atoms with Crippen molar-refractivity contribution in [3.8, 4) is 0 Å². The highest BCUT2D eigenvalue weighted by Crippen LogP contribution is 2.31. The Labute approximate surface area is 172 Å². The number of carbonyl (C=O) groups is 2. The van der Waals surface area contributed by atoms with Gasteiger partial charge in [-0.25, -0.2) is 0 Å². The molecule has 1 saturated heterocycles. The molecular formula is C21H23BrN2O2S. The van der Waals surface area contributed by atoms with Gasteiger partial charge >= 0.3 is 0 Å². The number of benzene rings is 2. The standard InChI is InChI=1S/C21H23BrN2O2S/c1-27-14-16-13-24(12-15-5-3-2-4-6-15)21(26)19(16)11-20(25)23-18-9-7-17(22)8-10-18/h2-10,16,19H,11-14H2,1H3,(H,23,25)/t16-,19+/m1/s1. The Morgan fingerprint density at radius 3 is 2.56 bits per heavy atom. The Morgan fingerprint density at radius 1 is 1.19 bits per heavy atom. The van der Waals surface area contributed by atoms with Crippen molar-refractivity contribution in [3.63, 3.8) is 0 Å². The van der Waals surface area contributed by atoms with Gasteiger partial charge in [0.05, 0.1) is 5.92 Å². The second-order valence-electron chi connectivity index (χ2n) is 6.79. The first kappa shape index (κ1) is 20.0. The summed E-state index contributed by atoms with van der Waals surface area (Å²) in [5.41, 5.74) is 1.87. The molecule has 142 valence electrons. The Hall–Kier alpha value is -1.79. The molecular weight excluding hydrogens is 424 g/mol. The molecule has 0 aromatic heterocycles. The first-order valence-electron chi connectivity index (χ1n) is 8.94. The van der Waals surface area contributed by atoms with Gasteiger partial charge in [0.25, 0.3) is 0 Å². The number of rotatable bonds is 7. The van der Waals surface area contributed by atoms with Crippen LogP contribution in [-0.4, -0.2) is 35.3 Å².